The van der Waals surface area contributed by atoms with Gasteiger partial charge in [-0.15, -0.1) is 0 Å². The van der Waals surface area contributed by atoms with E-state index in [4.69, 9.17) is 15.2 Å². The first-order valence-electron chi connectivity index (χ1n) is 6.24. The summed E-state index contributed by atoms with van der Waals surface area (Å²) in [6.07, 6.45) is 0.677. The monoisotopic (exact) mass is 266 g/mol. The maximum atomic E-state index is 12.2. The average molecular weight is 266 g/mol. The molecular weight excluding hydrogens is 244 g/mol. The van der Waals surface area contributed by atoms with E-state index in [1.807, 2.05) is 13.0 Å². The van der Waals surface area contributed by atoms with Gasteiger partial charge in [0.25, 0.3) is 0 Å². The molecule has 0 aliphatic rings. The highest BCUT2D eigenvalue weighted by Gasteiger charge is 2.19. The quantitative estimate of drug-likeness (QED) is 0.850. The summed E-state index contributed by atoms with van der Waals surface area (Å²) in [6.45, 7) is 2.39. The molecule has 1 amide bonds. The van der Waals surface area contributed by atoms with Crippen molar-refractivity contribution in [3.8, 4) is 11.5 Å². The number of methoxy groups -OCH3 is 2. The average Bonchev–Trinajstić information content (AvgIpc) is 2.45. The largest absolute Gasteiger partial charge is 0.493 e. The Labute approximate surface area is 114 Å². The van der Waals surface area contributed by atoms with Gasteiger partial charge < -0.3 is 20.1 Å². The molecule has 0 aromatic heterocycles. The molecule has 5 nitrogen and oxygen atoms in total. The fourth-order valence-electron chi connectivity index (χ4n) is 1.86. The van der Waals surface area contributed by atoms with E-state index < -0.39 is 0 Å². The zero-order chi connectivity index (χ0) is 14.4. The summed E-state index contributed by atoms with van der Waals surface area (Å²) < 4.78 is 10.4. The Morgan fingerprint density at radius 1 is 1.32 bits per heavy atom. The molecule has 0 saturated heterocycles. The van der Waals surface area contributed by atoms with Crippen molar-refractivity contribution < 1.29 is 14.3 Å². The maximum absolute atomic E-state index is 12.2. The second kappa shape index (κ2) is 6.99. The lowest BCUT2D eigenvalue weighted by atomic mass is 10.1. The Morgan fingerprint density at radius 3 is 2.47 bits per heavy atom. The molecule has 19 heavy (non-hydrogen) atoms. The van der Waals surface area contributed by atoms with E-state index in [2.05, 4.69) is 0 Å². The summed E-state index contributed by atoms with van der Waals surface area (Å²) in [4.78, 5) is 13.8. The molecule has 0 saturated carbocycles. The SMILES string of the molecule is COc1ccc(N(C)C(=O)C(C)CCN)cc1OC. The highest BCUT2D eigenvalue weighted by Crippen LogP contribution is 2.31. The molecule has 1 rings (SSSR count). The van der Waals surface area contributed by atoms with Gasteiger partial charge in [-0.3, -0.25) is 4.79 Å². The molecule has 1 atom stereocenters. The van der Waals surface area contributed by atoms with Crippen molar-refractivity contribution in [1.82, 2.24) is 0 Å². The second-order valence-electron chi connectivity index (χ2n) is 4.41. The summed E-state index contributed by atoms with van der Waals surface area (Å²) in [7, 11) is 4.90. The highest BCUT2D eigenvalue weighted by atomic mass is 16.5. The molecule has 1 unspecified atom stereocenters. The van der Waals surface area contributed by atoms with Gasteiger partial charge in [0.2, 0.25) is 5.91 Å². The van der Waals surface area contributed by atoms with Gasteiger partial charge in [0.1, 0.15) is 0 Å². The van der Waals surface area contributed by atoms with Crippen LogP contribution in [0.2, 0.25) is 0 Å². The van der Waals surface area contributed by atoms with Crippen LogP contribution in [0.15, 0.2) is 18.2 Å². The molecule has 0 bridgehead atoms. The first-order valence-corrected chi connectivity index (χ1v) is 6.24. The van der Waals surface area contributed by atoms with E-state index in [1.54, 1.807) is 38.3 Å². The van der Waals surface area contributed by atoms with Gasteiger partial charge in [0.15, 0.2) is 11.5 Å². The normalized spacial score (nSPS) is 11.8. The molecule has 0 fully saturated rings. The lowest BCUT2D eigenvalue weighted by molar-refractivity contribution is -0.121. The van der Waals surface area contributed by atoms with Crippen molar-refractivity contribution in [1.29, 1.82) is 0 Å². The van der Waals surface area contributed by atoms with Crippen molar-refractivity contribution in [2.24, 2.45) is 11.7 Å². The number of anilines is 1. The topological polar surface area (TPSA) is 64.8 Å². The van der Waals surface area contributed by atoms with E-state index in [0.29, 0.717) is 24.5 Å². The zero-order valence-electron chi connectivity index (χ0n) is 12.0. The minimum absolute atomic E-state index is 0.0395. The lowest BCUT2D eigenvalue weighted by Crippen LogP contribution is -2.32. The standard InChI is InChI=1S/C14H22N2O3/c1-10(7-8-15)14(17)16(2)11-5-6-12(18-3)13(9-11)19-4/h5-6,9-10H,7-8,15H2,1-4H3. The summed E-state index contributed by atoms with van der Waals surface area (Å²) in [5.41, 5.74) is 6.25. The third kappa shape index (κ3) is 3.61. The van der Waals surface area contributed by atoms with Gasteiger partial charge in [-0.25, -0.2) is 0 Å². The van der Waals surface area contributed by atoms with Gasteiger partial charge in [-0.1, -0.05) is 6.92 Å². The molecular formula is C14H22N2O3. The predicted molar refractivity (Wildman–Crippen MR) is 75.8 cm³/mol. The number of hydrogen-bond acceptors (Lipinski definition) is 4. The number of benzene rings is 1. The third-order valence-corrected chi connectivity index (χ3v) is 3.11. The number of hydrogen-bond donors (Lipinski definition) is 1. The number of amides is 1. The Hall–Kier alpha value is -1.75. The van der Waals surface area contributed by atoms with Crippen LogP contribution in [-0.4, -0.2) is 33.7 Å². The van der Waals surface area contributed by atoms with E-state index >= 15 is 0 Å². The number of rotatable bonds is 6. The van der Waals surface area contributed by atoms with Crippen LogP contribution in [0.1, 0.15) is 13.3 Å². The van der Waals surface area contributed by atoms with Gasteiger partial charge in [-0.2, -0.15) is 0 Å². The number of carbonyl (C=O) groups excluding carboxylic acids is 1. The smallest absolute Gasteiger partial charge is 0.229 e. The Balaban J connectivity index is 2.93. The fourth-order valence-corrected chi connectivity index (χ4v) is 1.86. The predicted octanol–water partition coefficient (Wildman–Crippen LogP) is 1.65. The molecule has 0 radical (unpaired) electrons. The molecule has 0 spiro atoms. The third-order valence-electron chi connectivity index (χ3n) is 3.11. The van der Waals surface area contributed by atoms with Crippen LogP contribution in [0.25, 0.3) is 0 Å². The van der Waals surface area contributed by atoms with Gasteiger partial charge in [0.05, 0.1) is 14.2 Å². The van der Waals surface area contributed by atoms with Gasteiger partial charge in [-0.05, 0) is 25.1 Å². The van der Waals surface area contributed by atoms with Crippen LogP contribution >= 0.6 is 0 Å². The van der Waals surface area contributed by atoms with Crippen molar-refractivity contribution >= 4 is 11.6 Å². The molecule has 5 heteroatoms. The van der Waals surface area contributed by atoms with E-state index in [9.17, 15) is 4.79 Å². The fraction of sp³-hybridized carbons (Fsp3) is 0.500. The summed E-state index contributed by atoms with van der Waals surface area (Å²) >= 11 is 0. The first-order chi connectivity index (χ1) is 9.04. The van der Waals surface area contributed by atoms with Crippen LogP contribution in [0.5, 0.6) is 11.5 Å². The summed E-state index contributed by atoms with van der Waals surface area (Å²) in [5.74, 6) is 1.19. The van der Waals surface area contributed by atoms with E-state index in [1.165, 1.54) is 0 Å². The highest BCUT2D eigenvalue weighted by molar-refractivity contribution is 5.94. The van der Waals surface area contributed by atoms with Crippen LogP contribution in [0.4, 0.5) is 5.69 Å². The van der Waals surface area contributed by atoms with Crippen molar-refractivity contribution in [2.45, 2.75) is 13.3 Å². The number of nitrogens with two attached hydrogens (primary N) is 1. The van der Waals surface area contributed by atoms with Gasteiger partial charge >= 0.3 is 0 Å². The van der Waals surface area contributed by atoms with Gasteiger partial charge in [0, 0.05) is 24.7 Å². The minimum Gasteiger partial charge on any atom is -0.493 e. The lowest BCUT2D eigenvalue weighted by Gasteiger charge is -2.22. The van der Waals surface area contributed by atoms with Crippen LogP contribution in [0.3, 0.4) is 0 Å². The number of ether oxygens (including phenoxy) is 2. The van der Waals surface area contributed by atoms with Crippen molar-refractivity contribution in [2.75, 3.05) is 32.7 Å². The van der Waals surface area contributed by atoms with Crippen molar-refractivity contribution in [3.63, 3.8) is 0 Å². The number of nitrogens with zero attached hydrogens (tertiary/aromatic N) is 1. The Morgan fingerprint density at radius 2 is 1.95 bits per heavy atom. The number of carbonyl (C=O) groups is 1. The molecule has 2 N–H and O–H groups in total. The molecule has 0 aliphatic carbocycles. The van der Waals surface area contributed by atoms with Crippen LogP contribution in [-0.2, 0) is 4.79 Å². The molecule has 0 heterocycles. The summed E-state index contributed by atoms with van der Waals surface area (Å²) in [6, 6.07) is 5.39. The van der Waals surface area contributed by atoms with Crippen LogP contribution < -0.4 is 20.1 Å². The second-order valence-corrected chi connectivity index (χ2v) is 4.41. The minimum atomic E-state index is -0.0944. The van der Waals surface area contributed by atoms with E-state index in [0.717, 1.165) is 5.69 Å². The van der Waals surface area contributed by atoms with Crippen LogP contribution in [0, 0.1) is 5.92 Å². The molecule has 0 aliphatic heterocycles. The summed E-state index contributed by atoms with van der Waals surface area (Å²) in [5, 5.41) is 0. The van der Waals surface area contributed by atoms with E-state index in [-0.39, 0.29) is 11.8 Å². The molecule has 1 aromatic rings. The maximum Gasteiger partial charge on any atom is 0.229 e. The molecule has 1 aromatic carbocycles. The first kappa shape index (κ1) is 15.3. The Bertz CT molecular complexity index is 435. The van der Waals surface area contributed by atoms with Crippen molar-refractivity contribution in [3.05, 3.63) is 18.2 Å². The molecule has 106 valence electrons. The zero-order valence-corrected chi connectivity index (χ0v) is 12.0. The Kier molecular flexibility index (Phi) is 5.63.